The second-order valence-corrected chi connectivity index (χ2v) is 5.69. The first-order valence-corrected chi connectivity index (χ1v) is 5.96. The quantitative estimate of drug-likeness (QED) is 0.867. The van der Waals surface area contributed by atoms with Crippen LogP contribution in [0.3, 0.4) is 0 Å². The summed E-state index contributed by atoms with van der Waals surface area (Å²) in [5.74, 6) is 0. The molecular weight excluding hydrogens is 218 g/mol. The molecule has 1 aliphatic rings. The Morgan fingerprint density at radius 2 is 2.43 bits per heavy atom. The summed E-state index contributed by atoms with van der Waals surface area (Å²) in [6, 6.07) is 4.03. The lowest BCUT2D eigenvalue weighted by molar-refractivity contribution is 0.155. The van der Waals surface area contributed by atoms with Gasteiger partial charge in [0.2, 0.25) is 0 Å². The van der Waals surface area contributed by atoms with Crippen LogP contribution in [0.25, 0.3) is 0 Å². The third kappa shape index (κ3) is 2.11. The molecule has 2 rings (SSSR count). The van der Waals surface area contributed by atoms with Gasteiger partial charge in [-0.1, -0.05) is 11.6 Å². The smallest absolute Gasteiger partial charge is 0.0931 e. The first-order valence-electron chi connectivity index (χ1n) is 4.76. The molecule has 0 radical (unpaired) electrons. The average Bonchev–Trinajstić information content (AvgIpc) is 2.77. The Morgan fingerprint density at radius 3 is 2.93 bits per heavy atom. The van der Waals surface area contributed by atoms with Crippen molar-refractivity contribution in [3.8, 4) is 0 Å². The zero-order valence-corrected chi connectivity index (χ0v) is 9.53. The van der Waals surface area contributed by atoms with Gasteiger partial charge in [0.1, 0.15) is 0 Å². The van der Waals surface area contributed by atoms with Gasteiger partial charge in [-0.05, 0) is 25.0 Å². The highest BCUT2D eigenvalue weighted by Gasteiger charge is 2.33. The van der Waals surface area contributed by atoms with Crippen LogP contribution in [0.1, 0.15) is 11.3 Å². The maximum Gasteiger partial charge on any atom is 0.0931 e. The van der Waals surface area contributed by atoms with Gasteiger partial charge in [0.25, 0.3) is 0 Å². The monoisotopic (exact) mass is 231 g/mol. The molecule has 0 amide bonds. The molecule has 2 nitrogen and oxygen atoms in total. The minimum atomic E-state index is 0.161. The molecule has 4 heteroatoms. The molecule has 0 saturated carbocycles. The van der Waals surface area contributed by atoms with Crippen LogP contribution in [0.4, 0.5) is 0 Å². The van der Waals surface area contributed by atoms with Gasteiger partial charge in [0, 0.05) is 23.4 Å². The molecule has 78 valence electrons. The maximum atomic E-state index is 5.89. The van der Waals surface area contributed by atoms with E-state index in [0.717, 1.165) is 30.4 Å². The third-order valence-electron chi connectivity index (χ3n) is 2.80. The molecule has 1 aromatic heterocycles. The topological polar surface area (TPSA) is 35.2 Å². The van der Waals surface area contributed by atoms with Gasteiger partial charge >= 0.3 is 0 Å². The standard InChI is InChI=1S/C10H14ClNOS/c11-9-2-1-8(14-9)5-10(6-12)3-4-13-7-10/h1-2H,3-7,12H2. The van der Waals surface area contributed by atoms with Gasteiger partial charge < -0.3 is 10.5 Å². The molecule has 1 saturated heterocycles. The maximum absolute atomic E-state index is 5.89. The molecule has 1 fully saturated rings. The molecule has 0 aliphatic carbocycles. The van der Waals surface area contributed by atoms with Crippen LogP contribution < -0.4 is 5.73 Å². The van der Waals surface area contributed by atoms with Gasteiger partial charge in [-0.25, -0.2) is 0 Å². The van der Waals surface area contributed by atoms with Crippen molar-refractivity contribution >= 4 is 22.9 Å². The van der Waals surface area contributed by atoms with Crippen molar-refractivity contribution in [1.29, 1.82) is 0 Å². The normalized spacial score (nSPS) is 27.0. The Morgan fingerprint density at radius 1 is 1.57 bits per heavy atom. The van der Waals surface area contributed by atoms with E-state index in [1.165, 1.54) is 4.88 Å². The van der Waals surface area contributed by atoms with Crippen LogP contribution >= 0.6 is 22.9 Å². The number of nitrogens with two attached hydrogens (primary N) is 1. The van der Waals surface area contributed by atoms with E-state index in [-0.39, 0.29) is 5.41 Å². The zero-order chi connectivity index (χ0) is 10.0. The number of halogens is 1. The van der Waals surface area contributed by atoms with Crippen LogP contribution in [0.15, 0.2) is 12.1 Å². The predicted octanol–water partition coefficient (Wildman–Crippen LogP) is 2.31. The van der Waals surface area contributed by atoms with E-state index >= 15 is 0 Å². The summed E-state index contributed by atoms with van der Waals surface area (Å²) in [6.07, 6.45) is 2.07. The van der Waals surface area contributed by atoms with Crippen LogP contribution in [0.2, 0.25) is 4.34 Å². The average molecular weight is 232 g/mol. The number of ether oxygens (including phenoxy) is 1. The first-order chi connectivity index (χ1) is 6.74. The molecule has 1 aliphatic heterocycles. The van der Waals surface area contributed by atoms with Crippen LogP contribution in [-0.4, -0.2) is 19.8 Å². The summed E-state index contributed by atoms with van der Waals surface area (Å²) in [4.78, 5) is 1.31. The molecule has 2 N–H and O–H groups in total. The van der Waals surface area contributed by atoms with Crippen LogP contribution in [-0.2, 0) is 11.2 Å². The second kappa shape index (κ2) is 4.19. The Labute approximate surface area is 93.0 Å². The van der Waals surface area contributed by atoms with Crippen molar-refractivity contribution in [3.05, 3.63) is 21.3 Å². The van der Waals surface area contributed by atoms with Crippen LogP contribution in [0.5, 0.6) is 0 Å². The largest absolute Gasteiger partial charge is 0.381 e. The third-order valence-corrected chi connectivity index (χ3v) is 4.03. The lowest BCUT2D eigenvalue weighted by atomic mass is 9.83. The highest BCUT2D eigenvalue weighted by molar-refractivity contribution is 7.16. The highest BCUT2D eigenvalue weighted by atomic mass is 35.5. The summed E-state index contributed by atoms with van der Waals surface area (Å²) in [5.41, 5.74) is 5.98. The van der Waals surface area contributed by atoms with E-state index in [2.05, 4.69) is 6.07 Å². The van der Waals surface area contributed by atoms with Gasteiger partial charge in [0.15, 0.2) is 0 Å². The highest BCUT2D eigenvalue weighted by Crippen LogP contribution is 2.34. The van der Waals surface area contributed by atoms with Crippen LogP contribution in [0, 0.1) is 5.41 Å². The van der Waals surface area contributed by atoms with Crippen molar-refractivity contribution in [2.45, 2.75) is 12.8 Å². The molecule has 1 aromatic rings. The van der Waals surface area contributed by atoms with E-state index in [0.29, 0.717) is 6.54 Å². The van der Waals surface area contributed by atoms with Crippen molar-refractivity contribution in [1.82, 2.24) is 0 Å². The fraction of sp³-hybridized carbons (Fsp3) is 0.600. The van der Waals surface area contributed by atoms with E-state index in [4.69, 9.17) is 22.1 Å². The number of hydrogen-bond acceptors (Lipinski definition) is 3. The van der Waals surface area contributed by atoms with E-state index in [1.54, 1.807) is 11.3 Å². The summed E-state index contributed by atoms with van der Waals surface area (Å²) in [5, 5.41) is 0. The molecule has 0 bridgehead atoms. The minimum Gasteiger partial charge on any atom is -0.381 e. The fourth-order valence-electron chi connectivity index (χ4n) is 1.84. The van der Waals surface area contributed by atoms with Gasteiger partial charge in [0.05, 0.1) is 10.9 Å². The molecule has 1 unspecified atom stereocenters. The summed E-state index contributed by atoms with van der Waals surface area (Å²) >= 11 is 7.53. The number of thiophene rings is 1. The van der Waals surface area contributed by atoms with Gasteiger partial charge in [-0.2, -0.15) is 0 Å². The van der Waals surface area contributed by atoms with Crippen molar-refractivity contribution in [2.24, 2.45) is 11.1 Å². The molecule has 0 aromatic carbocycles. The van der Waals surface area contributed by atoms with Crippen molar-refractivity contribution in [2.75, 3.05) is 19.8 Å². The molecule has 14 heavy (non-hydrogen) atoms. The SMILES string of the molecule is NCC1(Cc2ccc(Cl)s2)CCOC1. The number of rotatable bonds is 3. The summed E-state index contributed by atoms with van der Waals surface area (Å²) in [6.45, 7) is 2.33. The predicted molar refractivity (Wildman–Crippen MR) is 60.0 cm³/mol. The van der Waals surface area contributed by atoms with Crippen molar-refractivity contribution < 1.29 is 4.74 Å². The van der Waals surface area contributed by atoms with E-state index < -0.39 is 0 Å². The minimum absolute atomic E-state index is 0.161. The summed E-state index contributed by atoms with van der Waals surface area (Å²) < 4.78 is 6.27. The second-order valence-electron chi connectivity index (χ2n) is 3.89. The lowest BCUT2D eigenvalue weighted by Crippen LogP contribution is -2.32. The Bertz CT molecular complexity index is 307. The Balaban J connectivity index is 2.08. The molecule has 0 spiro atoms. The molecule has 1 atom stereocenters. The zero-order valence-electron chi connectivity index (χ0n) is 7.96. The number of hydrogen-bond donors (Lipinski definition) is 1. The first kappa shape index (κ1) is 10.4. The summed E-state index contributed by atoms with van der Waals surface area (Å²) in [7, 11) is 0. The van der Waals surface area contributed by atoms with E-state index in [9.17, 15) is 0 Å². The Hall–Kier alpha value is -0.0900. The molecular formula is C10H14ClNOS. The Kier molecular flexibility index (Phi) is 3.12. The van der Waals surface area contributed by atoms with Crippen molar-refractivity contribution in [3.63, 3.8) is 0 Å². The fourth-order valence-corrected chi connectivity index (χ4v) is 3.10. The molecule has 2 heterocycles. The van der Waals surface area contributed by atoms with Gasteiger partial charge in [-0.15, -0.1) is 11.3 Å². The van der Waals surface area contributed by atoms with E-state index in [1.807, 2.05) is 6.07 Å². The van der Waals surface area contributed by atoms with Gasteiger partial charge in [-0.3, -0.25) is 0 Å². The lowest BCUT2D eigenvalue weighted by Gasteiger charge is -2.24.